The van der Waals surface area contributed by atoms with Crippen LogP contribution in [-0.2, 0) is 6.54 Å². The lowest BCUT2D eigenvalue weighted by Crippen LogP contribution is -2.29. The molecule has 7 heteroatoms. The number of methoxy groups -OCH3 is 1. The van der Waals surface area contributed by atoms with Crippen LogP contribution in [0.1, 0.15) is 65.0 Å². The van der Waals surface area contributed by atoms with Gasteiger partial charge in [0.15, 0.2) is 16.9 Å². The molecule has 1 amide bonds. The molecular formula is C31H30FNO5. The van der Waals surface area contributed by atoms with Gasteiger partial charge in [-0.3, -0.25) is 9.59 Å². The summed E-state index contributed by atoms with van der Waals surface area (Å²) in [6, 6.07) is 16.3. The number of nitrogens with zero attached hydrogens (tertiary/aromatic N) is 1. The first kappa shape index (κ1) is 25.5. The average Bonchev–Trinajstić information content (AvgIpc) is 3.19. The maximum atomic E-state index is 14.1. The lowest BCUT2D eigenvalue weighted by Gasteiger charge is -2.26. The second-order valence-electron chi connectivity index (χ2n) is 9.60. The van der Waals surface area contributed by atoms with E-state index in [1.807, 2.05) is 37.3 Å². The maximum Gasteiger partial charge on any atom is 0.291 e. The maximum absolute atomic E-state index is 14.1. The molecule has 38 heavy (non-hydrogen) atoms. The summed E-state index contributed by atoms with van der Waals surface area (Å²) < 4.78 is 31.6. The molecule has 0 radical (unpaired) electrons. The van der Waals surface area contributed by atoms with Crippen LogP contribution in [0.4, 0.5) is 4.39 Å². The minimum Gasteiger partial charge on any atom is -0.493 e. The molecule has 1 aromatic heterocycles. The van der Waals surface area contributed by atoms with Gasteiger partial charge in [-0.05, 0) is 54.8 Å². The topological polar surface area (TPSA) is 69.0 Å². The number of hydrogen-bond acceptors (Lipinski definition) is 5. The van der Waals surface area contributed by atoms with Crippen LogP contribution < -0.4 is 14.9 Å². The van der Waals surface area contributed by atoms with E-state index < -0.39 is 23.2 Å². The number of fused-ring (bicyclic) bond motifs is 2. The van der Waals surface area contributed by atoms with E-state index in [1.165, 1.54) is 12.1 Å². The number of carbonyl (C=O) groups is 1. The van der Waals surface area contributed by atoms with Gasteiger partial charge in [-0.15, -0.1) is 0 Å². The highest BCUT2D eigenvalue weighted by Gasteiger charge is 2.43. The Morgan fingerprint density at radius 3 is 2.50 bits per heavy atom. The summed E-state index contributed by atoms with van der Waals surface area (Å²) in [7, 11) is 1.56. The summed E-state index contributed by atoms with van der Waals surface area (Å²) in [6.07, 6.45) is 3.09. The summed E-state index contributed by atoms with van der Waals surface area (Å²) in [6.45, 7) is 4.95. The fourth-order valence-corrected chi connectivity index (χ4v) is 4.90. The number of hydrogen-bond donors (Lipinski definition) is 0. The fourth-order valence-electron chi connectivity index (χ4n) is 4.90. The Labute approximate surface area is 220 Å². The molecule has 0 saturated carbocycles. The summed E-state index contributed by atoms with van der Waals surface area (Å²) in [5.74, 6) is 0.132. The largest absolute Gasteiger partial charge is 0.493 e. The van der Waals surface area contributed by atoms with E-state index in [0.717, 1.165) is 36.5 Å². The van der Waals surface area contributed by atoms with Gasteiger partial charge < -0.3 is 18.8 Å². The molecule has 2 heterocycles. The van der Waals surface area contributed by atoms with Crippen LogP contribution in [0.3, 0.4) is 0 Å². The van der Waals surface area contributed by atoms with Crippen molar-refractivity contribution >= 4 is 16.9 Å². The van der Waals surface area contributed by atoms with Crippen molar-refractivity contribution in [3.8, 4) is 11.5 Å². The molecule has 0 N–H and O–H groups in total. The minimum atomic E-state index is -0.745. The van der Waals surface area contributed by atoms with Crippen molar-refractivity contribution in [2.75, 3.05) is 13.7 Å². The van der Waals surface area contributed by atoms with Crippen LogP contribution in [0.25, 0.3) is 11.0 Å². The highest BCUT2D eigenvalue weighted by molar-refractivity contribution is 5.99. The normalized spacial score (nSPS) is 14.7. The van der Waals surface area contributed by atoms with E-state index >= 15 is 0 Å². The molecule has 0 saturated heterocycles. The third kappa shape index (κ3) is 4.76. The van der Waals surface area contributed by atoms with Gasteiger partial charge in [0.2, 0.25) is 5.76 Å². The predicted octanol–water partition coefficient (Wildman–Crippen LogP) is 6.56. The third-order valence-electron chi connectivity index (χ3n) is 6.91. The molecule has 0 spiro atoms. The van der Waals surface area contributed by atoms with Crippen LogP contribution in [0, 0.1) is 12.7 Å². The third-order valence-corrected chi connectivity index (χ3v) is 6.91. The molecule has 4 aromatic rings. The molecule has 1 unspecified atom stereocenters. The monoisotopic (exact) mass is 515 g/mol. The molecule has 3 aromatic carbocycles. The second-order valence-corrected chi connectivity index (χ2v) is 9.60. The van der Waals surface area contributed by atoms with E-state index in [4.69, 9.17) is 13.9 Å². The van der Waals surface area contributed by atoms with Gasteiger partial charge in [0.25, 0.3) is 5.91 Å². The van der Waals surface area contributed by atoms with Crippen molar-refractivity contribution in [2.45, 2.75) is 45.7 Å². The number of benzene rings is 3. The van der Waals surface area contributed by atoms with Gasteiger partial charge in [-0.1, -0.05) is 55.7 Å². The minimum absolute atomic E-state index is 0.0231. The van der Waals surface area contributed by atoms with E-state index in [9.17, 15) is 14.0 Å². The number of amides is 1. The standard InChI is InChI=1S/C31H30FNO5/c1-4-5-6-15-37-25-13-11-21(16-26(25)36-3)28-27-29(34)23-17-22(32)12-14-24(23)38-30(27)31(35)33(28)18-20-9-7-19(2)8-10-20/h7-14,16-17,28H,4-6,15,18H2,1-3H3. The van der Waals surface area contributed by atoms with Crippen LogP contribution in [-0.4, -0.2) is 24.5 Å². The number of unbranched alkanes of at least 4 members (excludes halogenated alkanes) is 2. The first-order chi connectivity index (χ1) is 18.4. The van der Waals surface area contributed by atoms with Gasteiger partial charge in [-0.25, -0.2) is 4.39 Å². The van der Waals surface area contributed by atoms with Crippen molar-refractivity contribution in [3.63, 3.8) is 0 Å². The summed E-state index contributed by atoms with van der Waals surface area (Å²) >= 11 is 0. The lowest BCUT2D eigenvalue weighted by molar-refractivity contribution is 0.0714. The Morgan fingerprint density at radius 1 is 0.974 bits per heavy atom. The van der Waals surface area contributed by atoms with E-state index in [0.29, 0.717) is 23.7 Å². The molecule has 1 atom stereocenters. The number of rotatable bonds is 9. The van der Waals surface area contributed by atoms with Gasteiger partial charge >= 0.3 is 0 Å². The zero-order valence-corrected chi connectivity index (χ0v) is 21.8. The molecule has 196 valence electrons. The molecule has 0 bridgehead atoms. The van der Waals surface area contributed by atoms with Gasteiger partial charge in [0.1, 0.15) is 11.4 Å². The van der Waals surface area contributed by atoms with E-state index in [2.05, 4.69) is 6.92 Å². The molecule has 1 aliphatic rings. The Kier molecular flexibility index (Phi) is 7.18. The van der Waals surface area contributed by atoms with Gasteiger partial charge in [0.05, 0.1) is 30.7 Å². The van der Waals surface area contributed by atoms with Crippen LogP contribution >= 0.6 is 0 Å². The Bertz CT molecular complexity index is 1540. The number of halogens is 1. The number of carbonyl (C=O) groups excluding carboxylic acids is 1. The molecule has 5 rings (SSSR count). The summed E-state index contributed by atoms with van der Waals surface area (Å²) in [5.41, 5.74) is 2.62. The summed E-state index contributed by atoms with van der Waals surface area (Å²) in [5, 5.41) is 0.0987. The lowest BCUT2D eigenvalue weighted by atomic mass is 9.97. The number of aryl methyl sites for hydroxylation is 1. The molecular weight excluding hydrogens is 485 g/mol. The SMILES string of the molecule is CCCCCOc1ccc(C2c3c(oc4ccc(F)cc4c3=O)C(=O)N2Cc2ccc(C)cc2)cc1OC. The predicted molar refractivity (Wildman–Crippen MR) is 143 cm³/mol. The zero-order valence-electron chi connectivity index (χ0n) is 21.8. The first-order valence-corrected chi connectivity index (χ1v) is 12.8. The van der Waals surface area contributed by atoms with Crippen LogP contribution in [0.15, 0.2) is 69.9 Å². The van der Waals surface area contributed by atoms with Crippen LogP contribution in [0.5, 0.6) is 11.5 Å². The van der Waals surface area contributed by atoms with Crippen molar-refractivity contribution < 1.29 is 23.1 Å². The van der Waals surface area contributed by atoms with Gasteiger partial charge in [0, 0.05) is 6.54 Å². The molecule has 0 aliphatic carbocycles. The Hall–Kier alpha value is -4.13. The van der Waals surface area contributed by atoms with E-state index in [1.54, 1.807) is 24.1 Å². The molecule has 6 nitrogen and oxygen atoms in total. The fraction of sp³-hybridized carbons (Fsp3) is 0.290. The van der Waals surface area contributed by atoms with Gasteiger partial charge in [-0.2, -0.15) is 0 Å². The first-order valence-electron chi connectivity index (χ1n) is 12.8. The quantitative estimate of drug-likeness (QED) is 0.236. The zero-order chi connectivity index (χ0) is 26.8. The highest BCUT2D eigenvalue weighted by atomic mass is 19.1. The smallest absolute Gasteiger partial charge is 0.291 e. The molecule has 0 fully saturated rings. The average molecular weight is 516 g/mol. The Morgan fingerprint density at radius 2 is 1.76 bits per heavy atom. The van der Waals surface area contributed by atoms with Crippen molar-refractivity contribution in [3.05, 3.63) is 105 Å². The highest BCUT2D eigenvalue weighted by Crippen LogP contribution is 2.41. The Balaban J connectivity index is 1.62. The van der Waals surface area contributed by atoms with E-state index in [-0.39, 0.29) is 28.8 Å². The second kappa shape index (κ2) is 10.7. The van der Waals surface area contributed by atoms with Crippen molar-refractivity contribution in [2.24, 2.45) is 0 Å². The van der Waals surface area contributed by atoms with Crippen molar-refractivity contribution in [1.29, 1.82) is 0 Å². The van der Waals surface area contributed by atoms with Crippen LogP contribution in [0.2, 0.25) is 0 Å². The van der Waals surface area contributed by atoms with Crippen molar-refractivity contribution in [1.82, 2.24) is 4.90 Å². The number of ether oxygens (including phenoxy) is 2. The molecule has 1 aliphatic heterocycles. The summed E-state index contributed by atoms with van der Waals surface area (Å²) in [4.78, 5) is 29.0.